The Kier molecular flexibility index (Phi) is 4.63. The minimum absolute atomic E-state index is 0.284. The largest absolute Gasteiger partial charge is 0.380 e. The van der Waals surface area contributed by atoms with Crippen molar-refractivity contribution in [3.8, 4) is 11.5 Å². The van der Waals surface area contributed by atoms with Crippen LogP contribution in [0.3, 0.4) is 0 Å². The molecule has 1 atom stereocenters. The zero-order valence-electron chi connectivity index (χ0n) is 13.2. The minimum Gasteiger partial charge on any atom is -0.380 e. The molecule has 3 heterocycles. The minimum atomic E-state index is 0.284. The highest BCUT2D eigenvalue weighted by Gasteiger charge is 2.21. The normalized spacial score (nSPS) is 18.5. The van der Waals surface area contributed by atoms with Gasteiger partial charge in [-0.15, -0.1) is 0 Å². The fourth-order valence-corrected chi connectivity index (χ4v) is 2.77. The molecule has 1 aliphatic rings. The molecule has 0 radical (unpaired) electrons. The second-order valence-electron chi connectivity index (χ2n) is 5.56. The van der Waals surface area contributed by atoms with Crippen LogP contribution in [-0.4, -0.2) is 41.3 Å². The number of aryl methyl sites for hydroxylation is 1. The summed E-state index contributed by atoms with van der Waals surface area (Å²) in [7, 11) is 1.78. The van der Waals surface area contributed by atoms with Crippen LogP contribution in [0.15, 0.2) is 30.5 Å². The summed E-state index contributed by atoms with van der Waals surface area (Å²) in [5.74, 6) is 1.68. The topological polar surface area (TPSA) is 51.1 Å². The van der Waals surface area contributed by atoms with Crippen LogP contribution in [0.1, 0.15) is 25.5 Å². The smallest absolute Gasteiger partial charge is 0.180 e. The van der Waals surface area contributed by atoms with Crippen molar-refractivity contribution in [2.24, 2.45) is 0 Å². The van der Waals surface area contributed by atoms with E-state index in [-0.39, 0.29) is 6.10 Å². The summed E-state index contributed by atoms with van der Waals surface area (Å²) in [6.07, 6.45) is 5.19. The van der Waals surface area contributed by atoms with Gasteiger partial charge in [-0.2, -0.15) is 0 Å². The van der Waals surface area contributed by atoms with Crippen molar-refractivity contribution < 1.29 is 4.74 Å². The van der Waals surface area contributed by atoms with Crippen molar-refractivity contribution >= 4 is 5.82 Å². The Morgan fingerprint density at radius 2 is 2.23 bits per heavy atom. The van der Waals surface area contributed by atoms with Gasteiger partial charge in [0.25, 0.3) is 0 Å². The quantitative estimate of drug-likeness (QED) is 0.868. The molecular formula is C17H22N4O. The number of methoxy groups -OCH3 is 1. The number of hydrogen-bond acceptors (Lipinski definition) is 5. The molecule has 116 valence electrons. The highest BCUT2D eigenvalue weighted by atomic mass is 16.5. The second-order valence-corrected chi connectivity index (χ2v) is 5.56. The molecule has 0 aromatic carbocycles. The van der Waals surface area contributed by atoms with Crippen LogP contribution in [0, 0.1) is 0 Å². The third-order valence-electron chi connectivity index (χ3n) is 4.06. The Morgan fingerprint density at radius 1 is 1.32 bits per heavy atom. The molecule has 5 nitrogen and oxygen atoms in total. The predicted molar refractivity (Wildman–Crippen MR) is 86.9 cm³/mol. The summed E-state index contributed by atoms with van der Waals surface area (Å²) >= 11 is 0. The van der Waals surface area contributed by atoms with E-state index in [4.69, 9.17) is 9.72 Å². The van der Waals surface area contributed by atoms with Gasteiger partial charge in [-0.05, 0) is 31.4 Å². The monoisotopic (exact) mass is 298 g/mol. The van der Waals surface area contributed by atoms with Crippen LogP contribution < -0.4 is 4.90 Å². The van der Waals surface area contributed by atoms with Gasteiger partial charge in [-0.1, -0.05) is 13.0 Å². The number of aromatic nitrogens is 3. The van der Waals surface area contributed by atoms with E-state index in [1.807, 2.05) is 18.2 Å². The van der Waals surface area contributed by atoms with Crippen LogP contribution >= 0.6 is 0 Å². The lowest BCUT2D eigenvalue weighted by Gasteiger charge is -2.33. The molecule has 3 rings (SSSR count). The van der Waals surface area contributed by atoms with Crippen LogP contribution in [0.4, 0.5) is 5.82 Å². The average molecular weight is 298 g/mol. The van der Waals surface area contributed by atoms with E-state index >= 15 is 0 Å². The summed E-state index contributed by atoms with van der Waals surface area (Å²) in [5.41, 5.74) is 1.87. The van der Waals surface area contributed by atoms with Gasteiger partial charge in [0.05, 0.1) is 6.10 Å². The Bertz CT molecular complexity index is 617. The number of hydrogen-bond donors (Lipinski definition) is 0. The Balaban J connectivity index is 1.94. The van der Waals surface area contributed by atoms with E-state index in [1.165, 1.54) is 0 Å². The molecule has 1 fully saturated rings. The number of nitrogens with zero attached hydrogens (tertiary/aromatic N) is 4. The first-order valence-electron chi connectivity index (χ1n) is 7.87. The van der Waals surface area contributed by atoms with Crippen molar-refractivity contribution in [2.45, 2.75) is 32.3 Å². The molecule has 1 saturated heterocycles. The molecule has 1 aliphatic heterocycles. The summed E-state index contributed by atoms with van der Waals surface area (Å²) < 4.78 is 5.52. The molecule has 2 aromatic rings. The molecule has 5 heteroatoms. The fraction of sp³-hybridized carbons (Fsp3) is 0.471. The van der Waals surface area contributed by atoms with Crippen molar-refractivity contribution in [1.29, 1.82) is 0 Å². The number of ether oxygens (including phenoxy) is 1. The zero-order chi connectivity index (χ0) is 15.4. The molecule has 0 N–H and O–H groups in total. The molecular weight excluding hydrogens is 276 g/mol. The van der Waals surface area contributed by atoms with E-state index in [1.54, 1.807) is 13.3 Å². The van der Waals surface area contributed by atoms with E-state index in [9.17, 15) is 0 Å². The van der Waals surface area contributed by atoms with Gasteiger partial charge in [0.2, 0.25) is 0 Å². The average Bonchev–Trinajstić information content (AvgIpc) is 2.62. The molecule has 0 saturated carbocycles. The SMILES string of the molecule is CCc1cc(N2CCCC(OC)C2)nc(-c2ccccn2)n1. The summed E-state index contributed by atoms with van der Waals surface area (Å²) in [4.78, 5) is 16.0. The van der Waals surface area contributed by atoms with E-state index in [2.05, 4.69) is 27.9 Å². The molecule has 0 bridgehead atoms. The molecule has 1 unspecified atom stereocenters. The molecule has 2 aromatic heterocycles. The van der Waals surface area contributed by atoms with Gasteiger partial charge in [0, 0.05) is 38.2 Å². The first kappa shape index (κ1) is 14.9. The lowest BCUT2D eigenvalue weighted by atomic mass is 10.1. The van der Waals surface area contributed by atoms with Crippen molar-refractivity contribution in [3.05, 3.63) is 36.2 Å². The first-order chi connectivity index (χ1) is 10.8. The number of pyridine rings is 1. The Hall–Kier alpha value is -2.01. The van der Waals surface area contributed by atoms with Crippen LogP contribution in [-0.2, 0) is 11.2 Å². The van der Waals surface area contributed by atoms with Gasteiger partial charge in [0.1, 0.15) is 11.5 Å². The van der Waals surface area contributed by atoms with E-state index < -0.39 is 0 Å². The lowest BCUT2D eigenvalue weighted by Crippen LogP contribution is -2.39. The number of piperidine rings is 1. The zero-order valence-corrected chi connectivity index (χ0v) is 13.2. The second kappa shape index (κ2) is 6.83. The van der Waals surface area contributed by atoms with Crippen molar-refractivity contribution in [3.63, 3.8) is 0 Å². The van der Waals surface area contributed by atoms with Gasteiger partial charge in [-0.25, -0.2) is 9.97 Å². The van der Waals surface area contributed by atoms with Crippen molar-refractivity contribution in [1.82, 2.24) is 15.0 Å². The number of anilines is 1. The first-order valence-corrected chi connectivity index (χ1v) is 7.87. The highest BCUT2D eigenvalue weighted by Crippen LogP contribution is 2.23. The Morgan fingerprint density at radius 3 is 2.95 bits per heavy atom. The van der Waals surface area contributed by atoms with Crippen LogP contribution in [0.2, 0.25) is 0 Å². The number of rotatable bonds is 4. The molecule has 22 heavy (non-hydrogen) atoms. The lowest BCUT2D eigenvalue weighted by molar-refractivity contribution is 0.0891. The van der Waals surface area contributed by atoms with Gasteiger partial charge < -0.3 is 9.64 Å². The standard InChI is InChI=1S/C17H22N4O/c1-3-13-11-16(21-10-6-7-14(12-21)22-2)20-17(19-13)15-8-4-5-9-18-15/h4-5,8-9,11,14H,3,6-7,10,12H2,1-2H3. The third-order valence-corrected chi connectivity index (χ3v) is 4.06. The summed E-state index contributed by atoms with van der Waals surface area (Å²) in [6, 6.07) is 7.91. The van der Waals surface area contributed by atoms with Crippen LogP contribution in [0.25, 0.3) is 11.5 Å². The third kappa shape index (κ3) is 3.25. The maximum atomic E-state index is 5.52. The van der Waals surface area contributed by atoms with Gasteiger partial charge in [-0.3, -0.25) is 4.98 Å². The van der Waals surface area contributed by atoms with Gasteiger partial charge >= 0.3 is 0 Å². The van der Waals surface area contributed by atoms with E-state index in [0.29, 0.717) is 5.82 Å². The van der Waals surface area contributed by atoms with Crippen LogP contribution in [0.5, 0.6) is 0 Å². The highest BCUT2D eigenvalue weighted by molar-refractivity contribution is 5.54. The molecule has 0 amide bonds. The predicted octanol–water partition coefficient (Wildman–Crippen LogP) is 2.72. The summed E-state index contributed by atoms with van der Waals surface area (Å²) in [5, 5.41) is 0. The van der Waals surface area contributed by atoms with E-state index in [0.717, 1.165) is 49.6 Å². The van der Waals surface area contributed by atoms with Crippen molar-refractivity contribution in [2.75, 3.05) is 25.1 Å². The Labute approximate surface area is 131 Å². The molecule has 0 aliphatic carbocycles. The summed E-state index contributed by atoms with van der Waals surface area (Å²) in [6.45, 7) is 4.02. The maximum Gasteiger partial charge on any atom is 0.180 e. The maximum absolute atomic E-state index is 5.52. The molecule has 0 spiro atoms. The van der Waals surface area contributed by atoms with Gasteiger partial charge in [0.15, 0.2) is 5.82 Å². The fourth-order valence-electron chi connectivity index (χ4n) is 2.77.